The Kier molecular flexibility index (Phi) is 5.19. The minimum atomic E-state index is -0.958. The lowest BCUT2D eigenvalue weighted by Crippen LogP contribution is -2.48. The minimum absolute atomic E-state index is 0.201. The number of aromatic carboxylic acids is 1. The quantitative estimate of drug-likeness (QED) is 0.443. The van der Waals surface area contributed by atoms with Gasteiger partial charge in [-0.3, -0.25) is 0 Å². The topological polar surface area (TPSA) is 85.5 Å². The molecule has 0 amide bonds. The molecule has 0 saturated heterocycles. The minimum Gasteiger partial charge on any atom is -0.493 e. The van der Waals surface area contributed by atoms with Gasteiger partial charge >= 0.3 is 5.97 Å². The Labute approximate surface area is 199 Å². The molecule has 6 nitrogen and oxygen atoms in total. The second kappa shape index (κ2) is 8.26. The van der Waals surface area contributed by atoms with E-state index in [1.54, 1.807) is 24.3 Å². The molecule has 1 heterocycles. The van der Waals surface area contributed by atoms with Crippen LogP contribution in [0.2, 0.25) is 0 Å². The summed E-state index contributed by atoms with van der Waals surface area (Å²) in [4.78, 5) is 15.8. The van der Waals surface area contributed by atoms with Gasteiger partial charge in [0.25, 0.3) is 5.89 Å². The van der Waals surface area contributed by atoms with E-state index in [1.165, 1.54) is 44.1 Å². The van der Waals surface area contributed by atoms with Crippen LogP contribution < -0.4 is 4.74 Å². The molecule has 7 rings (SSSR count). The Balaban J connectivity index is 1.35. The highest BCUT2D eigenvalue weighted by Crippen LogP contribution is 2.62. The van der Waals surface area contributed by atoms with E-state index in [0.717, 1.165) is 42.1 Å². The third-order valence-corrected chi connectivity index (χ3v) is 8.11. The number of hydrogen-bond acceptors (Lipinski definition) is 5. The van der Waals surface area contributed by atoms with Crippen LogP contribution in [-0.2, 0) is 5.41 Å². The van der Waals surface area contributed by atoms with Crippen LogP contribution >= 0.6 is 0 Å². The summed E-state index contributed by atoms with van der Waals surface area (Å²) in [5.74, 6) is 3.53. The van der Waals surface area contributed by atoms with E-state index in [1.807, 2.05) is 6.07 Å². The summed E-state index contributed by atoms with van der Waals surface area (Å²) in [7, 11) is 0. The average Bonchev–Trinajstić information content (AvgIpc) is 3.32. The molecule has 0 aliphatic heterocycles. The summed E-state index contributed by atoms with van der Waals surface area (Å²) in [5, 5.41) is 13.4. The van der Waals surface area contributed by atoms with Gasteiger partial charge < -0.3 is 14.4 Å². The van der Waals surface area contributed by atoms with Crippen molar-refractivity contribution in [3.8, 4) is 28.6 Å². The van der Waals surface area contributed by atoms with Gasteiger partial charge in [0.15, 0.2) is 0 Å². The fourth-order valence-corrected chi connectivity index (χ4v) is 7.08. The first-order valence-corrected chi connectivity index (χ1v) is 12.5. The first-order chi connectivity index (χ1) is 16.5. The lowest BCUT2D eigenvalue weighted by atomic mass is 9.48. The predicted octanol–water partition coefficient (Wildman–Crippen LogP) is 6.36. The molecule has 34 heavy (non-hydrogen) atoms. The van der Waals surface area contributed by atoms with Gasteiger partial charge in [0, 0.05) is 16.7 Å². The monoisotopic (exact) mass is 458 g/mol. The molecule has 0 unspecified atom stereocenters. The number of ether oxygens (including phenoxy) is 1. The average molecular weight is 459 g/mol. The summed E-state index contributed by atoms with van der Waals surface area (Å²) in [6.07, 6.45) is 8.98. The van der Waals surface area contributed by atoms with Gasteiger partial charge in [-0.05, 0) is 111 Å². The van der Waals surface area contributed by atoms with E-state index in [0.29, 0.717) is 17.3 Å². The summed E-state index contributed by atoms with van der Waals surface area (Å²) in [5.41, 5.74) is 3.40. The van der Waals surface area contributed by atoms with Crippen molar-refractivity contribution in [2.24, 2.45) is 17.8 Å². The number of nitrogens with zero attached hydrogens (tertiary/aromatic N) is 2. The molecule has 0 spiro atoms. The molecule has 176 valence electrons. The lowest BCUT2D eigenvalue weighted by Gasteiger charge is -2.57. The van der Waals surface area contributed by atoms with Crippen LogP contribution in [0.5, 0.6) is 5.75 Å². The van der Waals surface area contributed by atoms with Gasteiger partial charge in [-0.25, -0.2) is 4.79 Å². The molecule has 2 aromatic carbocycles. The SMILES string of the molecule is CCCOc1ccc(-c2noc(-c3ccc(C(=O)O)cc3)n2)cc1C12CC3CC(CC(C3)C1)C2. The molecule has 1 N–H and O–H groups in total. The van der Waals surface area contributed by atoms with Gasteiger partial charge in [0.05, 0.1) is 12.2 Å². The van der Waals surface area contributed by atoms with E-state index in [9.17, 15) is 4.79 Å². The Morgan fingerprint density at radius 2 is 1.68 bits per heavy atom. The second-order valence-electron chi connectivity index (χ2n) is 10.6. The largest absolute Gasteiger partial charge is 0.493 e. The van der Waals surface area contributed by atoms with Crippen molar-refractivity contribution in [2.75, 3.05) is 6.61 Å². The zero-order valence-corrected chi connectivity index (χ0v) is 19.5. The fraction of sp³-hybridized carbons (Fsp3) is 0.464. The first-order valence-electron chi connectivity index (χ1n) is 12.5. The van der Waals surface area contributed by atoms with E-state index in [2.05, 4.69) is 29.2 Å². The van der Waals surface area contributed by atoms with E-state index in [-0.39, 0.29) is 11.0 Å². The maximum Gasteiger partial charge on any atom is 0.335 e. The molecule has 4 saturated carbocycles. The highest BCUT2D eigenvalue weighted by Gasteiger charge is 2.52. The number of carbonyl (C=O) groups is 1. The van der Waals surface area contributed by atoms with Crippen LogP contribution in [0.15, 0.2) is 47.0 Å². The standard InChI is InChI=1S/C28H30N2O4/c1-2-9-33-24-8-7-22(13-23(24)28-14-17-10-18(15-28)12-19(11-17)16-28)25-29-26(34-30-25)20-3-5-21(6-4-20)27(31)32/h3-8,13,17-19H,2,9-12,14-16H2,1H3,(H,31,32). The van der Waals surface area contributed by atoms with Gasteiger partial charge in [-0.2, -0.15) is 4.98 Å². The molecule has 4 aliphatic carbocycles. The Morgan fingerprint density at radius 3 is 2.29 bits per heavy atom. The number of carboxylic acid groups (broad SMARTS) is 1. The van der Waals surface area contributed by atoms with Crippen molar-refractivity contribution in [2.45, 2.75) is 57.3 Å². The zero-order chi connectivity index (χ0) is 23.3. The smallest absolute Gasteiger partial charge is 0.335 e. The lowest BCUT2D eigenvalue weighted by molar-refractivity contribution is -0.00636. The van der Waals surface area contributed by atoms with Crippen LogP contribution in [0.25, 0.3) is 22.8 Å². The number of carboxylic acids is 1. The van der Waals surface area contributed by atoms with Gasteiger partial charge in [-0.15, -0.1) is 0 Å². The Hall–Kier alpha value is -3.15. The van der Waals surface area contributed by atoms with Crippen LogP contribution in [0.4, 0.5) is 0 Å². The highest BCUT2D eigenvalue weighted by atomic mass is 16.5. The molecule has 1 aromatic heterocycles. The maximum absolute atomic E-state index is 11.1. The normalized spacial score (nSPS) is 27.1. The molecular formula is C28H30N2O4. The van der Waals surface area contributed by atoms with Crippen molar-refractivity contribution in [3.05, 3.63) is 53.6 Å². The molecule has 3 aromatic rings. The number of rotatable bonds is 7. The van der Waals surface area contributed by atoms with E-state index >= 15 is 0 Å². The van der Waals surface area contributed by atoms with Crippen LogP contribution in [0.3, 0.4) is 0 Å². The predicted molar refractivity (Wildman–Crippen MR) is 128 cm³/mol. The van der Waals surface area contributed by atoms with Crippen molar-refractivity contribution in [1.29, 1.82) is 0 Å². The summed E-state index contributed by atoms with van der Waals surface area (Å²) in [6, 6.07) is 12.9. The molecule has 4 aliphatic rings. The van der Waals surface area contributed by atoms with Gasteiger partial charge in [0.1, 0.15) is 5.75 Å². The van der Waals surface area contributed by atoms with Crippen molar-refractivity contribution in [3.63, 3.8) is 0 Å². The third-order valence-electron chi connectivity index (χ3n) is 8.11. The van der Waals surface area contributed by atoms with Crippen LogP contribution in [0.1, 0.15) is 67.8 Å². The summed E-state index contributed by atoms with van der Waals surface area (Å²) < 4.78 is 11.8. The second-order valence-corrected chi connectivity index (χ2v) is 10.6. The summed E-state index contributed by atoms with van der Waals surface area (Å²) in [6.45, 7) is 2.86. The number of aromatic nitrogens is 2. The molecule has 4 bridgehead atoms. The van der Waals surface area contributed by atoms with Crippen LogP contribution in [0, 0.1) is 17.8 Å². The van der Waals surface area contributed by atoms with E-state index < -0.39 is 5.97 Å². The maximum atomic E-state index is 11.1. The molecule has 0 atom stereocenters. The zero-order valence-electron chi connectivity index (χ0n) is 19.5. The fourth-order valence-electron chi connectivity index (χ4n) is 7.08. The van der Waals surface area contributed by atoms with Crippen molar-refractivity contribution >= 4 is 5.97 Å². The summed E-state index contributed by atoms with van der Waals surface area (Å²) >= 11 is 0. The van der Waals surface area contributed by atoms with Crippen LogP contribution in [-0.4, -0.2) is 27.8 Å². The van der Waals surface area contributed by atoms with Gasteiger partial charge in [-0.1, -0.05) is 12.1 Å². The molecular weight excluding hydrogens is 428 g/mol. The number of benzene rings is 2. The Morgan fingerprint density at radius 1 is 1.03 bits per heavy atom. The molecule has 0 radical (unpaired) electrons. The first kappa shape index (κ1) is 21.4. The molecule has 6 heteroatoms. The Bertz CT molecular complexity index is 1180. The highest BCUT2D eigenvalue weighted by molar-refractivity contribution is 5.88. The van der Waals surface area contributed by atoms with Crippen molar-refractivity contribution in [1.82, 2.24) is 10.1 Å². The van der Waals surface area contributed by atoms with E-state index in [4.69, 9.17) is 14.4 Å². The number of hydrogen-bond donors (Lipinski definition) is 1. The van der Waals surface area contributed by atoms with Crippen molar-refractivity contribution < 1.29 is 19.2 Å². The molecule has 4 fully saturated rings. The van der Waals surface area contributed by atoms with Gasteiger partial charge in [0.2, 0.25) is 5.82 Å². The third kappa shape index (κ3) is 3.69.